The Labute approximate surface area is 185 Å². The summed E-state index contributed by atoms with van der Waals surface area (Å²) in [5.41, 5.74) is 4.87. The van der Waals surface area contributed by atoms with Crippen LogP contribution in [-0.4, -0.2) is 50.9 Å². The number of piperidine rings is 1. The van der Waals surface area contributed by atoms with Crippen molar-refractivity contribution in [1.29, 1.82) is 0 Å². The number of nitrogens with one attached hydrogen (secondary N) is 1. The van der Waals surface area contributed by atoms with Crippen molar-refractivity contribution in [3.63, 3.8) is 0 Å². The maximum Gasteiger partial charge on any atom is 0.224 e. The molecule has 7 heteroatoms. The minimum Gasteiger partial charge on any atom is -0.356 e. The number of aromatic nitrogens is 3. The molecule has 0 aromatic carbocycles. The SMILES string of the molecule is CCCCCCNC(=O)C1CCCN(C(=O)CCc2c(C)nc3cc(C)nn3c2C)C1. The molecule has 0 radical (unpaired) electrons. The van der Waals surface area contributed by atoms with Crippen LogP contribution in [0.5, 0.6) is 0 Å². The van der Waals surface area contributed by atoms with E-state index in [1.807, 2.05) is 36.3 Å². The second-order valence-corrected chi connectivity index (χ2v) is 8.85. The third kappa shape index (κ3) is 5.83. The van der Waals surface area contributed by atoms with E-state index >= 15 is 0 Å². The first kappa shape index (κ1) is 23.2. The largest absolute Gasteiger partial charge is 0.356 e. The highest BCUT2D eigenvalue weighted by Crippen LogP contribution is 2.20. The molecule has 0 spiro atoms. The van der Waals surface area contributed by atoms with Crippen LogP contribution >= 0.6 is 0 Å². The van der Waals surface area contributed by atoms with Gasteiger partial charge in [0.15, 0.2) is 5.65 Å². The van der Waals surface area contributed by atoms with Crippen LogP contribution in [0.4, 0.5) is 0 Å². The zero-order valence-corrected chi connectivity index (χ0v) is 19.5. The molecule has 1 unspecified atom stereocenters. The number of aryl methyl sites for hydroxylation is 3. The summed E-state index contributed by atoms with van der Waals surface area (Å²) in [5, 5.41) is 7.58. The number of carbonyl (C=O) groups is 2. The van der Waals surface area contributed by atoms with E-state index in [4.69, 9.17) is 0 Å². The van der Waals surface area contributed by atoms with Crippen LogP contribution in [0, 0.1) is 26.7 Å². The molecule has 31 heavy (non-hydrogen) atoms. The van der Waals surface area contributed by atoms with Crippen molar-refractivity contribution in [3.8, 4) is 0 Å². The fourth-order valence-corrected chi connectivity index (χ4v) is 4.52. The topological polar surface area (TPSA) is 79.6 Å². The molecular weight excluding hydrogens is 390 g/mol. The lowest BCUT2D eigenvalue weighted by Crippen LogP contribution is -2.45. The Morgan fingerprint density at radius 3 is 2.77 bits per heavy atom. The molecule has 2 aromatic rings. The van der Waals surface area contributed by atoms with Gasteiger partial charge in [-0.3, -0.25) is 9.59 Å². The quantitative estimate of drug-likeness (QED) is 0.621. The van der Waals surface area contributed by atoms with Gasteiger partial charge in [-0.15, -0.1) is 0 Å². The summed E-state index contributed by atoms with van der Waals surface area (Å²) < 4.78 is 1.86. The van der Waals surface area contributed by atoms with Crippen LogP contribution < -0.4 is 5.32 Å². The molecule has 1 saturated heterocycles. The predicted molar refractivity (Wildman–Crippen MR) is 122 cm³/mol. The lowest BCUT2D eigenvalue weighted by molar-refractivity contribution is -0.135. The maximum atomic E-state index is 12.9. The van der Waals surface area contributed by atoms with E-state index in [0.717, 1.165) is 67.1 Å². The number of hydrogen-bond acceptors (Lipinski definition) is 4. The summed E-state index contributed by atoms with van der Waals surface area (Å²) in [6.45, 7) is 10.2. The van der Waals surface area contributed by atoms with E-state index in [9.17, 15) is 9.59 Å². The van der Waals surface area contributed by atoms with Gasteiger partial charge >= 0.3 is 0 Å². The van der Waals surface area contributed by atoms with Crippen LogP contribution in [0.2, 0.25) is 0 Å². The highest BCUT2D eigenvalue weighted by molar-refractivity contribution is 5.81. The number of fused-ring (bicyclic) bond motifs is 1. The standard InChI is InChI=1S/C24H37N5O2/c1-5-6-7-8-13-25-24(31)20-10-9-14-28(16-20)23(30)12-11-21-18(3)26-22-15-17(2)27-29(22)19(21)4/h15,20H,5-14,16H2,1-4H3,(H,25,31). The molecule has 7 nitrogen and oxygen atoms in total. The average molecular weight is 428 g/mol. The van der Waals surface area contributed by atoms with Crippen molar-refractivity contribution in [1.82, 2.24) is 24.8 Å². The van der Waals surface area contributed by atoms with Crippen molar-refractivity contribution in [2.45, 2.75) is 79.1 Å². The summed E-state index contributed by atoms with van der Waals surface area (Å²) in [5.74, 6) is 0.137. The van der Waals surface area contributed by atoms with E-state index in [1.165, 1.54) is 12.8 Å². The van der Waals surface area contributed by atoms with E-state index in [2.05, 4.69) is 22.3 Å². The van der Waals surface area contributed by atoms with Gasteiger partial charge in [-0.25, -0.2) is 9.50 Å². The molecule has 2 aromatic heterocycles. The van der Waals surface area contributed by atoms with E-state index in [-0.39, 0.29) is 17.7 Å². The minimum atomic E-state index is -0.0857. The summed E-state index contributed by atoms with van der Waals surface area (Å²) >= 11 is 0. The first-order valence-electron chi connectivity index (χ1n) is 11.8. The molecule has 2 amide bonds. The maximum absolute atomic E-state index is 12.9. The highest BCUT2D eigenvalue weighted by Gasteiger charge is 2.28. The Bertz CT molecular complexity index is 920. The molecule has 0 saturated carbocycles. The van der Waals surface area contributed by atoms with Crippen molar-refractivity contribution < 1.29 is 9.59 Å². The third-order valence-electron chi connectivity index (χ3n) is 6.35. The lowest BCUT2D eigenvalue weighted by Gasteiger charge is -2.32. The fourth-order valence-electron chi connectivity index (χ4n) is 4.52. The Kier molecular flexibility index (Phi) is 8.04. The average Bonchev–Trinajstić information content (AvgIpc) is 3.13. The summed E-state index contributed by atoms with van der Waals surface area (Å²) in [6, 6.07) is 1.97. The number of likely N-dealkylation sites (tertiary alicyclic amines) is 1. The molecule has 1 aliphatic heterocycles. The molecule has 1 N–H and O–H groups in total. The monoisotopic (exact) mass is 427 g/mol. The van der Waals surface area contributed by atoms with Gasteiger partial charge in [0, 0.05) is 43.5 Å². The summed E-state index contributed by atoms with van der Waals surface area (Å²) in [4.78, 5) is 32.0. The minimum absolute atomic E-state index is 0.0857. The Hall–Kier alpha value is -2.44. The van der Waals surface area contributed by atoms with Crippen LogP contribution in [0.25, 0.3) is 5.65 Å². The normalized spacial score (nSPS) is 16.6. The number of rotatable bonds is 9. The van der Waals surface area contributed by atoms with Crippen molar-refractivity contribution in [2.75, 3.05) is 19.6 Å². The lowest BCUT2D eigenvalue weighted by atomic mass is 9.96. The van der Waals surface area contributed by atoms with Crippen molar-refractivity contribution >= 4 is 17.5 Å². The van der Waals surface area contributed by atoms with E-state index in [1.54, 1.807) is 0 Å². The first-order valence-corrected chi connectivity index (χ1v) is 11.8. The number of carbonyl (C=O) groups excluding carboxylic acids is 2. The molecule has 0 bridgehead atoms. The molecule has 170 valence electrons. The van der Waals surface area contributed by atoms with E-state index < -0.39 is 0 Å². The zero-order valence-electron chi connectivity index (χ0n) is 19.5. The van der Waals surface area contributed by atoms with Gasteiger partial charge in [0.25, 0.3) is 0 Å². The van der Waals surface area contributed by atoms with Crippen LogP contribution in [0.15, 0.2) is 6.07 Å². The number of hydrogen-bond donors (Lipinski definition) is 1. The van der Waals surface area contributed by atoms with Gasteiger partial charge in [-0.1, -0.05) is 26.2 Å². The molecule has 3 rings (SSSR count). The van der Waals surface area contributed by atoms with Crippen molar-refractivity contribution in [3.05, 3.63) is 28.7 Å². The van der Waals surface area contributed by atoms with Gasteiger partial charge in [-0.2, -0.15) is 5.10 Å². The molecule has 1 atom stereocenters. The molecule has 1 aliphatic rings. The third-order valence-corrected chi connectivity index (χ3v) is 6.35. The predicted octanol–water partition coefficient (Wildman–Crippen LogP) is 3.52. The molecule has 3 heterocycles. The Balaban J connectivity index is 1.53. The van der Waals surface area contributed by atoms with Gasteiger partial charge in [0.05, 0.1) is 11.6 Å². The second-order valence-electron chi connectivity index (χ2n) is 8.85. The van der Waals surface area contributed by atoms with Crippen LogP contribution in [-0.2, 0) is 16.0 Å². The summed E-state index contributed by atoms with van der Waals surface area (Å²) in [6.07, 6.45) is 7.41. The Morgan fingerprint density at radius 2 is 2.00 bits per heavy atom. The summed E-state index contributed by atoms with van der Waals surface area (Å²) in [7, 11) is 0. The van der Waals surface area contributed by atoms with Crippen molar-refractivity contribution in [2.24, 2.45) is 5.92 Å². The highest BCUT2D eigenvalue weighted by atomic mass is 16.2. The van der Waals surface area contributed by atoms with Gasteiger partial charge in [0.2, 0.25) is 11.8 Å². The van der Waals surface area contributed by atoms with Gasteiger partial charge in [-0.05, 0) is 52.0 Å². The van der Waals surface area contributed by atoms with Gasteiger partial charge in [0.1, 0.15) is 0 Å². The van der Waals surface area contributed by atoms with Gasteiger partial charge < -0.3 is 10.2 Å². The second kappa shape index (κ2) is 10.7. The molecular formula is C24H37N5O2. The number of nitrogens with zero attached hydrogens (tertiary/aromatic N) is 4. The first-order chi connectivity index (χ1) is 14.9. The van der Waals surface area contributed by atoms with E-state index in [0.29, 0.717) is 19.4 Å². The number of amides is 2. The zero-order chi connectivity index (χ0) is 22.4. The smallest absolute Gasteiger partial charge is 0.224 e. The fraction of sp³-hybridized carbons (Fsp3) is 0.667. The van der Waals surface area contributed by atoms with Crippen LogP contribution in [0.1, 0.15) is 74.5 Å². The Morgan fingerprint density at radius 1 is 1.19 bits per heavy atom. The molecule has 0 aliphatic carbocycles. The molecule has 1 fully saturated rings. The van der Waals surface area contributed by atoms with Crippen LogP contribution in [0.3, 0.4) is 0 Å². The number of unbranched alkanes of at least 4 members (excludes halogenated alkanes) is 3.